The Labute approximate surface area is 168 Å². The van der Waals surface area contributed by atoms with E-state index < -0.39 is 6.10 Å². The number of aliphatic hydroxyl groups is 1. The maximum absolute atomic E-state index is 10.4. The van der Waals surface area contributed by atoms with E-state index in [9.17, 15) is 5.11 Å². The molecule has 0 spiro atoms. The van der Waals surface area contributed by atoms with Crippen molar-refractivity contribution < 1.29 is 15.2 Å². The number of hydrogen-bond donors (Lipinski definition) is 2. The van der Waals surface area contributed by atoms with Crippen LogP contribution in [0.25, 0.3) is 11.1 Å². The van der Waals surface area contributed by atoms with Gasteiger partial charge in [-0.3, -0.25) is 0 Å². The minimum absolute atomic E-state index is 0.300. The molecule has 3 aromatic rings. The van der Waals surface area contributed by atoms with Crippen LogP contribution in [-0.4, -0.2) is 24.4 Å². The minimum Gasteiger partial charge on any atom is -0.491 e. The quantitative estimate of drug-likeness (QED) is 0.557. The van der Waals surface area contributed by atoms with Gasteiger partial charge < -0.3 is 15.2 Å². The largest absolute Gasteiger partial charge is 0.491 e. The van der Waals surface area contributed by atoms with E-state index in [1.54, 1.807) is 0 Å². The normalized spacial score (nSPS) is 13.1. The zero-order chi connectivity index (χ0) is 19.6. The molecule has 0 fully saturated rings. The van der Waals surface area contributed by atoms with Crippen molar-refractivity contribution in [2.24, 2.45) is 0 Å². The maximum atomic E-state index is 10.4. The minimum atomic E-state index is -0.503. The van der Waals surface area contributed by atoms with Crippen molar-refractivity contribution in [3.05, 3.63) is 90.5 Å². The van der Waals surface area contributed by atoms with Crippen LogP contribution in [0.2, 0.25) is 0 Å². The Balaban J connectivity index is 1.48. The fraction of sp³-hybridized carbons (Fsp3) is 0.280. The summed E-state index contributed by atoms with van der Waals surface area (Å²) in [5.41, 5.74) is 3.66. The molecule has 0 radical (unpaired) electrons. The smallest absolute Gasteiger partial charge is 0.137 e. The van der Waals surface area contributed by atoms with Crippen molar-refractivity contribution in [1.29, 1.82) is 0 Å². The highest BCUT2D eigenvalue weighted by Gasteiger charge is 2.16. The third-order valence-corrected chi connectivity index (χ3v) is 4.92. The highest BCUT2D eigenvalue weighted by Crippen LogP contribution is 2.22. The summed E-state index contributed by atoms with van der Waals surface area (Å²) in [4.78, 5) is 0. The second-order valence-electron chi connectivity index (χ2n) is 7.13. The van der Waals surface area contributed by atoms with Crippen molar-refractivity contribution >= 4 is 0 Å². The Morgan fingerprint density at radius 1 is 0.821 bits per heavy atom. The summed E-state index contributed by atoms with van der Waals surface area (Å²) < 4.78 is 5.79. The van der Waals surface area contributed by atoms with Crippen molar-refractivity contribution in [2.45, 2.75) is 31.9 Å². The van der Waals surface area contributed by atoms with Gasteiger partial charge in [-0.05, 0) is 23.3 Å². The van der Waals surface area contributed by atoms with E-state index in [0.717, 1.165) is 24.2 Å². The molecule has 0 bridgehead atoms. The number of hydrogen-bond acceptors (Lipinski definition) is 2. The molecule has 2 atom stereocenters. The van der Waals surface area contributed by atoms with Crippen LogP contribution in [0, 0.1) is 0 Å². The van der Waals surface area contributed by atoms with Gasteiger partial charge in [-0.2, -0.15) is 0 Å². The maximum Gasteiger partial charge on any atom is 0.137 e. The van der Waals surface area contributed by atoms with Gasteiger partial charge in [-0.1, -0.05) is 86.1 Å². The lowest BCUT2D eigenvalue weighted by Crippen LogP contribution is -2.87. The van der Waals surface area contributed by atoms with E-state index in [1.807, 2.05) is 36.4 Å². The van der Waals surface area contributed by atoms with Crippen LogP contribution >= 0.6 is 0 Å². The third-order valence-electron chi connectivity index (χ3n) is 4.92. The summed E-state index contributed by atoms with van der Waals surface area (Å²) in [7, 11) is 0. The van der Waals surface area contributed by atoms with Gasteiger partial charge in [-0.15, -0.1) is 0 Å². The Morgan fingerprint density at radius 3 is 2.07 bits per heavy atom. The highest BCUT2D eigenvalue weighted by molar-refractivity contribution is 5.63. The van der Waals surface area contributed by atoms with Crippen LogP contribution in [0.15, 0.2) is 84.9 Å². The van der Waals surface area contributed by atoms with Crippen LogP contribution in [-0.2, 0) is 0 Å². The molecule has 0 amide bonds. The summed E-state index contributed by atoms with van der Waals surface area (Å²) in [6.07, 6.45) is 1.71. The summed E-state index contributed by atoms with van der Waals surface area (Å²) in [6, 6.07) is 29.2. The number of benzene rings is 3. The summed E-state index contributed by atoms with van der Waals surface area (Å²) in [6.45, 7) is 3.12. The first-order chi connectivity index (χ1) is 13.8. The van der Waals surface area contributed by atoms with Gasteiger partial charge in [0.15, 0.2) is 0 Å². The first kappa shape index (κ1) is 20.1. The van der Waals surface area contributed by atoms with Crippen molar-refractivity contribution in [2.75, 3.05) is 13.2 Å². The Kier molecular flexibility index (Phi) is 7.65. The van der Waals surface area contributed by atoms with Crippen LogP contribution < -0.4 is 10.1 Å². The molecular weight excluding hydrogens is 346 g/mol. The van der Waals surface area contributed by atoms with Gasteiger partial charge >= 0.3 is 0 Å². The first-order valence-electron chi connectivity index (χ1n) is 10.1. The van der Waals surface area contributed by atoms with E-state index in [2.05, 4.69) is 60.8 Å². The third kappa shape index (κ3) is 5.95. The van der Waals surface area contributed by atoms with E-state index in [4.69, 9.17) is 4.74 Å². The fourth-order valence-corrected chi connectivity index (χ4v) is 3.39. The molecule has 3 aromatic carbocycles. The second-order valence-corrected chi connectivity index (χ2v) is 7.13. The molecule has 0 saturated heterocycles. The number of quaternary nitrogens is 1. The van der Waals surface area contributed by atoms with Crippen molar-refractivity contribution in [3.63, 3.8) is 0 Å². The Hall–Kier alpha value is -2.62. The van der Waals surface area contributed by atoms with E-state index in [1.165, 1.54) is 11.1 Å². The zero-order valence-electron chi connectivity index (χ0n) is 16.5. The molecule has 3 heteroatoms. The number of rotatable bonds is 10. The lowest BCUT2D eigenvalue weighted by Gasteiger charge is -2.18. The Morgan fingerprint density at radius 2 is 1.43 bits per heavy atom. The zero-order valence-corrected chi connectivity index (χ0v) is 16.5. The lowest BCUT2D eigenvalue weighted by molar-refractivity contribution is -0.702. The Bertz CT molecular complexity index is 803. The standard InChI is InChI=1S/C25H29NO2/c1-2-9-25(22-12-7-4-8-13-22)26-18-23(27)19-28-24-16-14-21(15-17-24)20-10-5-3-6-11-20/h3-8,10-17,23,25-27H,2,9,18-19H2,1H3/p+1/t23-,25-/m1/s1. The summed E-state index contributed by atoms with van der Waals surface area (Å²) >= 11 is 0. The average Bonchev–Trinajstić information content (AvgIpc) is 2.77. The topological polar surface area (TPSA) is 46.1 Å². The van der Waals surface area contributed by atoms with Crippen LogP contribution in [0.1, 0.15) is 31.4 Å². The number of nitrogens with two attached hydrogens (primary N) is 1. The van der Waals surface area contributed by atoms with Gasteiger partial charge in [0.1, 0.15) is 31.0 Å². The molecular formula is C25H30NO2+. The molecule has 0 aliphatic rings. The molecule has 0 saturated carbocycles. The van der Waals surface area contributed by atoms with Crippen molar-refractivity contribution in [3.8, 4) is 16.9 Å². The molecule has 3 N–H and O–H groups in total. The van der Waals surface area contributed by atoms with Crippen LogP contribution in [0.5, 0.6) is 5.75 Å². The molecule has 0 aliphatic carbocycles. The van der Waals surface area contributed by atoms with E-state index in [-0.39, 0.29) is 0 Å². The predicted molar refractivity (Wildman–Crippen MR) is 114 cm³/mol. The highest BCUT2D eigenvalue weighted by atomic mass is 16.5. The number of aliphatic hydroxyl groups excluding tert-OH is 1. The molecule has 0 aromatic heterocycles. The van der Waals surface area contributed by atoms with Gasteiger partial charge in [0.05, 0.1) is 0 Å². The average molecular weight is 377 g/mol. The molecule has 28 heavy (non-hydrogen) atoms. The first-order valence-corrected chi connectivity index (χ1v) is 10.1. The lowest BCUT2D eigenvalue weighted by atomic mass is 10.0. The molecule has 0 aliphatic heterocycles. The predicted octanol–water partition coefficient (Wildman–Crippen LogP) is 4.20. The SMILES string of the molecule is CCC[C@@H]([NH2+]C[C@@H](O)COc1ccc(-c2ccccc2)cc1)c1ccccc1. The molecule has 3 rings (SSSR count). The van der Waals surface area contributed by atoms with Crippen LogP contribution in [0.3, 0.4) is 0 Å². The van der Waals surface area contributed by atoms with Gasteiger partial charge in [0.25, 0.3) is 0 Å². The summed E-state index contributed by atoms with van der Waals surface area (Å²) in [5, 5.41) is 12.6. The molecule has 3 nitrogen and oxygen atoms in total. The second kappa shape index (κ2) is 10.6. The van der Waals surface area contributed by atoms with E-state index >= 15 is 0 Å². The molecule has 146 valence electrons. The van der Waals surface area contributed by atoms with Crippen LogP contribution in [0.4, 0.5) is 0 Å². The molecule has 0 heterocycles. The molecule has 0 unspecified atom stereocenters. The number of ether oxygens (including phenoxy) is 1. The van der Waals surface area contributed by atoms with Gasteiger partial charge in [0.2, 0.25) is 0 Å². The van der Waals surface area contributed by atoms with Crippen molar-refractivity contribution in [1.82, 2.24) is 0 Å². The van der Waals surface area contributed by atoms with Gasteiger partial charge in [0, 0.05) is 12.0 Å². The van der Waals surface area contributed by atoms with Gasteiger partial charge in [-0.25, -0.2) is 0 Å². The summed E-state index contributed by atoms with van der Waals surface area (Å²) in [5.74, 6) is 0.784. The van der Waals surface area contributed by atoms with E-state index in [0.29, 0.717) is 19.2 Å². The monoisotopic (exact) mass is 376 g/mol. The fourth-order valence-electron chi connectivity index (χ4n) is 3.39.